The molecule has 0 bridgehead atoms. The van der Waals surface area contributed by atoms with Crippen molar-refractivity contribution in [3.63, 3.8) is 0 Å². The molecule has 2 unspecified atom stereocenters. The summed E-state index contributed by atoms with van der Waals surface area (Å²) >= 11 is 0. The normalized spacial score (nSPS) is 22.8. The molecule has 140 valence electrons. The molecule has 0 radical (unpaired) electrons. The Morgan fingerprint density at radius 1 is 1.08 bits per heavy atom. The van der Waals surface area contributed by atoms with Crippen molar-refractivity contribution in [1.29, 1.82) is 0 Å². The highest BCUT2D eigenvalue weighted by Gasteiger charge is 2.35. The molecule has 1 aliphatic heterocycles. The molecule has 3 rings (SSSR count). The van der Waals surface area contributed by atoms with E-state index in [2.05, 4.69) is 10.2 Å². The minimum atomic E-state index is -0.105. The second kappa shape index (κ2) is 9.56. The van der Waals surface area contributed by atoms with Crippen LogP contribution in [0.25, 0.3) is 6.08 Å². The van der Waals surface area contributed by atoms with Crippen LogP contribution in [0.2, 0.25) is 0 Å². The SMILES string of the molecule is O=C(C=Cc1ccccc1)NCCCC(=O)N1CCCC2CCCCC21. The molecule has 0 spiro atoms. The number of hydrogen-bond acceptors (Lipinski definition) is 2. The van der Waals surface area contributed by atoms with Crippen LogP contribution in [0.1, 0.15) is 56.9 Å². The zero-order chi connectivity index (χ0) is 18.2. The van der Waals surface area contributed by atoms with Gasteiger partial charge in [-0.2, -0.15) is 0 Å². The van der Waals surface area contributed by atoms with E-state index in [4.69, 9.17) is 0 Å². The Morgan fingerprint density at radius 3 is 2.69 bits per heavy atom. The summed E-state index contributed by atoms with van der Waals surface area (Å²) in [6.45, 7) is 1.47. The number of carbonyl (C=O) groups is 2. The Kier molecular flexibility index (Phi) is 6.87. The molecule has 1 heterocycles. The Hall–Kier alpha value is -2.10. The highest BCUT2D eigenvalue weighted by Crippen LogP contribution is 2.35. The molecular formula is C22H30N2O2. The average Bonchev–Trinajstić information content (AvgIpc) is 2.70. The summed E-state index contributed by atoms with van der Waals surface area (Å²) < 4.78 is 0. The molecule has 2 atom stereocenters. The second-order valence-electron chi connectivity index (χ2n) is 7.48. The van der Waals surface area contributed by atoms with Gasteiger partial charge in [0.1, 0.15) is 0 Å². The first-order valence-corrected chi connectivity index (χ1v) is 10.0. The summed E-state index contributed by atoms with van der Waals surface area (Å²) in [5.41, 5.74) is 1.00. The lowest BCUT2D eigenvalue weighted by Crippen LogP contribution is -2.49. The number of carbonyl (C=O) groups excluding carboxylic acids is 2. The quantitative estimate of drug-likeness (QED) is 0.624. The molecule has 4 nitrogen and oxygen atoms in total. The second-order valence-corrected chi connectivity index (χ2v) is 7.48. The summed E-state index contributed by atoms with van der Waals surface area (Å²) in [4.78, 5) is 26.6. The predicted molar refractivity (Wildman–Crippen MR) is 104 cm³/mol. The number of nitrogens with zero attached hydrogens (tertiary/aromatic N) is 1. The first-order chi connectivity index (χ1) is 12.7. The van der Waals surface area contributed by atoms with E-state index in [9.17, 15) is 9.59 Å². The van der Waals surface area contributed by atoms with E-state index in [1.54, 1.807) is 12.2 Å². The Bertz CT molecular complexity index is 624. The molecule has 2 fully saturated rings. The van der Waals surface area contributed by atoms with Gasteiger partial charge in [-0.3, -0.25) is 9.59 Å². The van der Waals surface area contributed by atoms with Crippen LogP contribution in [0.15, 0.2) is 36.4 Å². The third-order valence-electron chi connectivity index (χ3n) is 5.66. The first-order valence-electron chi connectivity index (χ1n) is 10.0. The minimum absolute atomic E-state index is 0.105. The van der Waals surface area contributed by atoms with Gasteiger partial charge in [0.2, 0.25) is 11.8 Å². The van der Waals surface area contributed by atoms with Gasteiger partial charge in [0.15, 0.2) is 0 Å². The Balaban J connectivity index is 1.37. The van der Waals surface area contributed by atoms with Crippen LogP contribution in [0, 0.1) is 5.92 Å². The van der Waals surface area contributed by atoms with Gasteiger partial charge in [0.25, 0.3) is 0 Å². The van der Waals surface area contributed by atoms with Crippen LogP contribution in [-0.4, -0.2) is 35.8 Å². The monoisotopic (exact) mass is 354 g/mol. The number of likely N-dealkylation sites (tertiary alicyclic amines) is 1. The smallest absolute Gasteiger partial charge is 0.243 e. The maximum atomic E-state index is 12.6. The van der Waals surface area contributed by atoms with Crippen LogP contribution in [0.3, 0.4) is 0 Å². The maximum absolute atomic E-state index is 12.6. The fourth-order valence-electron chi connectivity index (χ4n) is 4.32. The van der Waals surface area contributed by atoms with Crippen molar-refractivity contribution in [1.82, 2.24) is 10.2 Å². The number of rotatable bonds is 6. The van der Waals surface area contributed by atoms with Gasteiger partial charge in [0.05, 0.1) is 0 Å². The third kappa shape index (κ3) is 5.20. The lowest BCUT2D eigenvalue weighted by molar-refractivity contribution is -0.137. The van der Waals surface area contributed by atoms with E-state index in [1.165, 1.54) is 32.1 Å². The van der Waals surface area contributed by atoms with Crippen LogP contribution >= 0.6 is 0 Å². The third-order valence-corrected chi connectivity index (χ3v) is 5.66. The molecule has 1 saturated heterocycles. The molecule has 26 heavy (non-hydrogen) atoms. The highest BCUT2D eigenvalue weighted by molar-refractivity contribution is 5.91. The molecule has 1 aliphatic carbocycles. The van der Waals surface area contributed by atoms with Crippen LogP contribution in [0.4, 0.5) is 0 Å². The number of hydrogen-bond donors (Lipinski definition) is 1. The Morgan fingerprint density at radius 2 is 1.85 bits per heavy atom. The van der Waals surface area contributed by atoms with Crippen molar-refractivity contribution >= 4 is 17.9 Å². The van der Waals surface area contributed by atoms with Crippen molar-refractivity contribution in [3.05, 3.63) is 42.0 Å². The fraction of sp³-hybridized carbons (Fsp3) is 0.545. The standard InChI is InChI=1S/C22H30N2O2/c25-21(15-14-18-8-2-1-3-9-18)23-16-6-13-22(26)24-17-7-11-19-10-4-5-12-20(19)24/h1-3,8-9,14-15,19-20H,4-7,10-13,16-17H2,(H,23,25). The van der Waals surface area contributed by atoms with Crippen molar-refractivity contribution < 1.29 is 9.59 Å². The lowest BCUT2D eigenvalue weighted by Gasteiger charge is -2.44. The van der Waals surface area contributed by atoms with Crippen molar-refractivity contribution in [2.75, 3.05) is 13.1 Å². The number of nitrogens with one attached hydrogen (secondary N) is 1. The molecule has 1 aromatic carbocycles. The first kappa shape index (κ1) is 18.7. The fourth-order valence-corrected chi connectivity index (χ4v) is 4.32. The largest absolute Gasteiger partial charge is 0.353 e. The van der Waals surface area contributed by atoms with Gasteiger partial charge in [-0.1, -0.05) is 43.2 Å². The number of amides is 2. The van der Waals surface area contributed by atoms with E-state index >= 15 is 0 Å². The van der Waals surface area contributed by atoms with Gasteiger partial charge in [-0.25, -0.2) is 0 Å². The van der Waals surface area contributed by atoms with Gasteiger partial charge < -0.3 is 10.2 Å². The van der Waals surface area contributed by atoms with Gasteiger partial charge in [0, 0.05) is 31.6 Å². The van der Waals surface area contributed by atoms with E-state index in [-0.39, 0.29) is 11.8 Å². The van der Waals surface area contributed by atoms with Gasteiger partial charge in [-0.15, -0.1) is 0 Å². The molecular weight excluding hydrogens is 324 g/mol. The molecule has 2 aliphatic rings. The number of piperidine rings is 1. The van der Waals surface area contributed by atoms with Crippen molar-refractivity contribution in [2.24, 2.45) is 5.92 Å². The molecule has 0 aromatic heterocycles. The van der Waals surface area contributed by atoms with Crippen molar-refractivity contribution in [3.8, 4) is 0 Å². The van der Waals surface area contributed by atoms with Crippen molar-refractivity contribution in [2.45, 2.75) is 57.4 Å². The molecule has 2 amide bonds. The molecule has 1 saturated carbocycles. The summed E-state index contributed by atoms with van der Waals surface area (Å²) in [5, 5.41) is 2.87. The van der Waals surface area contributed by atoms with Crippen LogP contribution in [0.5, 0.6) is 0 Å². The number of benzene rings is 1. The maximum Gasteiger partial charge on any atom is 0.243 e. The van der Waals surface area contributed by atoms with Crippen LogP contribution in [-0.2, 0) is 9.59 Å². The zero-order valence-corrected chi connectivity index (χ0v) is 15.5. The highest BCUT2D eigenvalue weighted by atomic mass is 16.2. The summed E-state index contributed by atoms with van der Waals surface area (Å²) in [7, 11) is 0. The molecule has 4 heteroatoms. The topological polar surface area (TPSA) is 49.4 Å². The summed E-state index contributed by atoms with van der Waals surface area (Å²) in [6.07, 6.45) is 12.1. The Labute approximate surface area is 156 Å². The number of fused-ring (bicyclic) bond motifs is 1. The van der Waals surface area contributed by atoms with E-state index in [0.717, 1.165) is 24.4 Å². The predicted octanol–water partition coefficient (Wildman–Crippen LogP) is 3.78. The summed E-state index contributed by atoms with van der Waals surface area (Å²) in [5.74, 6) is 0.895. The molecule has 1 aromatic rings. The zero-order valence-electron chi connectivity index (χ0n) is 15.5. The van der Waals surface area contributed by atoms with Crippen LogP contribution < -0.4 is 5.32 Å². The average molecular weight is 354 g/mol. The van der Waals surface area contributed by atoms with E-state index in [1.807, 2.05) is 30.3 Å². The van der Waals surface area contributed by atoms with Gasteiger partial charge >= 0.3 is 0 Å². The summed E-state index contributed by atoms with van der Waals surface area (Å²) in [6, 6.07) is 10.2. The van der Waals surface area contributed by atoms with E-state index < -0.39 is 0 Å². The lowest BCUT2D eigenvalue weighted by atomic mass is 9.78. The molecule has 1 N–H and O–H groups in total. The van der Waals surface area contributed by atoms with Gasteiger partial charge in [-0.05, 0) is 49.7 Å². The van der Waals surface area contributed by atoms with E-state index in [0.29, 0.717) is 25.4 Å². The minimum Gasteiger partial charge on any atom is -0.353 e.